The fourth-order valence-corrected chi connectivity index (χ4v) is 2.50. The number of aliphatic carboxylic acids is 1. The van der Waals surface area contributed by atoms with Gasteiger partial charge in [-0.15, -0.1) is 0 Å². The summed E-state index contributed by atoms with van der Waals surface area (Å²) >= 11 is 0. The summed E-state index contributed by atoms with van der Waals surface area (Å²) < 4.78 is 4.96. The molecule has 0 spiro atoms. The van der Waals surface area contributed by atoms with Crippen LogP contribution in [0.4, 0.5) is 4.79 Å². The Balaban J connectivity index is 2.03. The Morgan fingerprint density at radius 1 is 1.45 bits per heavy atom. The van der Waals surface area contributed by atoms with Crippen LogP contribution in [0.5, 0.6) is 5.88 Å². The first-order chi connectivity index (χ1) is 9.51. The van der Waals surface area contributed by atoms with Crippen molar-refractivity contribution in [1.29, 1.82) is 0 Å². The van der Waals surface area contributed by atoms with Crippen LogP contribution in [0.25, 0.3) is 0 Å². The maximum atomic E-state index is 11.1. The third-order valence-electron chi connectivity index (χ3n) is 3.45. The molecule has 2 heterocycles. The number of hydrogen-bond donors (Lipinski definition) is 2. The SMILES string of the molecule is COc1ccc(C[C@@H]2C[C@@H](C(=O)O)N(C(=O)O)C2)cn1. The molecule has 0 radical (unpaired) electrons. The minimum Gasteiger partial charge on any atom is -0.481 e. The summed E-state index contributed by atoms with van der Waals surface area (Å²) in [5.74, 6) is -0.596. The van der Waals surface area contributed by atoms with Gasteiger partial charge in [0.05, 0.1) is 7.11 Å². The van der Waals surface area contributed by atoms with Crippen molar-refractivity contribution in [2.24, 2.45) is 5.92 Å². The van der Waals surface area contributed by atoms with E-state index in [9.17, 15) is 9.59 Å². The molecule has 0 aromatic carbocycles. The number of hydrogen-bond acceptors (Lipinski definition) is 4. The van der Waals surface area contributed by atoms with Crippen LogP contribution in [0.3, 0.4) is 0 Å². The number of ether oxygens (including phenoxy) is 1. The summed E-state index contributed by atoms with van der Waals surface area (Å²) in [5.41, 5.74) is 0.937. The molecule has 108 valence electrons. The lowest BCUT2D eigenvalue weighted by atomic mass is 9.98. The van der Waals surface area contributed by atoms with Crippen molar-refractivity contribution in [2.75, 3.05) is 13.7 Å². The van der Waals surface area contributed by atoms with Crippen LogP contribution < -0.4 is 4.74 Å². The van der Waals surface area contributed by atoms with Gasteiger partial charge in [-0.25, -0.2) is 14.6 Å². The predicted octanol–water partition coefficient (Wildman–Crippen LogP) is 1.09. The van der Waals surface area contributed by atoms with Gasteiger partial charge in [0, 0.05) is 18.8 Å². The van der Waals surface area contributed by atoms with E-state index in [-0.39, 0.29) is 12.5 Å². The van der Waals surface area contributed by atoms with Crippen LogP contribution in [-0.2, 0) is 11.2 Å². The minimum absolute atomic E-state index is 0.0117. The first-order valence-corrected chi connectivity index (χ1v) is 6.22. The number of carbonyl (C=O) groups is 2. The van der Waals surface area contributed by atoms with Crippen LogP contribution in [0.15, 0.2) is 18.3 Å². The highest BCUT2D eigenvalue weighted by molar-refractivity contribution is 5.80. The van der Waals surface area contributed by atoms with Gasteiger partial charge >= 0.3 is 12.1 Å². The van der Waals surface area contributed by atoms with Crippen molar-refractivity contribution < 1.29 is 24.5 Å². The monoisotopic (exact) mass is 280 g/mol. The number of rotatable bonds is 4. The summed E-state index contributed by atoms with van der Waals surface area (Å²) in [6.07, 6.45) is 1.41. The summed E-state index contributed by atoms with van der Waals surface area (Å²) in [6, 6.07) is 2.63. The number of aromatic nitrogens is 1. The van der Waals surface area contributed by atoms with Crippen molar-refractivity contribution in [3.05, 3.63) is 23.9 Å². The lowest BCUT2D eigenvalue weighted by Crippen LogP contribution is -2.39. The van der Waals surface area contributed by atoms with E-state index in [2.05, 4.69) is 4.98 Å². The Labute approximate surface area is 115 Å². The molecule has 7 nitrogen and oxygen atoms in total. The first-order valence-electron chi connectivity index (χ1n) is 6.22. The molecule has 0 aliphatic carbocycles. The van der Waals surface area contributed by atoms with E-state index in [4.69, 9.17) is 14.9 Å². The van der Waals surface area contributed by atoms with Gasteiger partial charge in [0.2, 0.25) is 5.88 Å². The second-order valence-electron chi connectivity index (χ2n) is 4.80. The van der Waals surface area contributed by atoms with Crippen LogP contribution in [0.1, 0.15) is 12.0 Å². The second-order valence-corrected chi connectivity index (χ2v) is 4.80. The highest BCUT2D eigenvalue weighted by atomic mass is 16.5. The van der Waals surface area contributed by atoms with Gasteiger partial charge in [0.1, 0.15) is 6.04 Å². The lowest BCUT2D eigenvalue weighted by molar-refractivity contribution is -0.141. The number of carboxylic acid groups (broad SMARTS) is 2. The number of carboxylic acids is 1. The predicted molar refractivity (Wildman–Crippen MR) is 68.8 cm³/mol. The summed E-state index contributed by atoms with van der Waals surface area (Å²) in [7, 11) is 1.53. The molecule has 1 aromatic rings. The van der Waals surface area contributed by atoms with Gasteiger partial charge in [-0.1, -0.05) is 6.07 Å². The Hall–Kier alpha value is -2.31. The van der Waals surface area contributed by atoms with E-state index in [1.165, 1.54) is 7.11 Å². The Morgan fingerprint density at radius 2 is 2.20 bits per heavy atom. The molecule has 1 aliphatic rings. The van der Waals surface area contributed by atoms with E-state index in [1.54, 1.807) is 12.3 Å². The Bertz CT molecular complexity index is 480. The van der Waals surface area contributed by atoms with Crippen molar-refractivity contribution >= 4 is 12.1 Å². The Kier molecular flexibility index (Phi) is 4.07. The fourth-order valence-electron chi connectivity index (χ4n) is 2.50. The quantitative estimate of drug-likeness (QED) is 0.856. The molecule has 0 saturated carbocycles. The van der Waals surface area contributed by atoms with Gasteiger partial charge in [-0.3, -0.25) is 4.90 Å². The van der Waals surface area contributed by atoms with Gasteiger partial charge < -0.3 is 14.9 Å². The van der Waals surface area contributed by atoms with Gasteiger partial charge in [-0.2, -0.15) is 0 Å². The number of pyridine rings is 1. The molecule has 1 aliphatic heterocycles. The van der Waals surface area contributed by atoms with E-state index >= 15 is 0 Å². The molecule has 7 heteroatoms. The number of amides is 1. The van der Waals surface area contributed by atoms with E-state index in [0.29, 0.717) is 18.7 Å². The molecule has 2 rings (SSSR count). The Morgan fingerprint density at radius 3 is 2.65 bits per heavy atom. The molecule has 2 N–H and O–H groups in total. The minimum atomic E-state index is -1.19. The van der Waals surface area contributed by atoms with Crippen LogP contribution in [0.2, 0.25) is 0 Å². The van der Waals surface area contributed by atoms with Crippen LogP contribution >= 0.6 is 0 Å². The maximum absolute atomic E-state index is 11.1. The number of likely N-dealkylation sites (tertiary alicyclic amines) is 1. The van der Waals surface area contributed by atoms with E-state index in [0.717, 1.165) is 10.5 Å². The summed E-state index contributed by atoms with van der Waals surface area (Å²) in [6.45, 7) is 0.234. The molecule has 2 atom stereocenters. The fraction of sp³-hybridized carbons (Fsp3) is 0.462. The lowest BCUT2D eigenvalue weighted by Gasteiger charge is -2.16. The highest BCUT2D eigenvalue weighted by Crippen LogP contribution is 2.26. The third-order valence-corrected chi connectivity index (χ3v) is 3.45. The van der Waals surface area contributed by atoms with Gasteiger partial charge in [-0.05, 0) is 24.3 Å². The van der Waals surface area contributed by atoms with Gasteiger partial charge in [0.15, 0.2) is 0 Å². The normalized spacial score (nSPS) is 21.8. The highest BCUT2D eigenvalue weighted by Gasteiger charge is 2.39. The molecule has 0 bridgehead atoms. The molecule has 1 aromatic heterocycles. The molecular weight excluding hydrogens is 264 g/mol. The molecule has 20 heavy (non-hydrogen) atoms. The largest absolute Gasteiger partial charge is 0.481 e. The van der Waals surface area contributed by atoms with Crippen molar-refractivity contribution in [3.8, 4) is 5.88 Å². The van der Waals surface area contributed by atoms with E-state index in [1.807, 2.05) is 6.07 Å². The zero-order valence-corrected chi connectivity index (χ0v) is 11.0. The third kappa shape index (κ3) is 2.98. The maximum Gasteiger partial charge on any atom is 0.408 e. The van der Waals surface area contributed by atoms with Crippen molar-refractivity contribution in [3.63, 3.8) is 0 Å². The molecule has 1 amide bonds. The number of methoxy groups -OCH3 is 1. The number of nitrogens with zero attached hydrogens (tertiary/aromatic N) is 2. The smallest absolute Gasteiger partial charge is 0.408 e. The van der Waals surface area contributed by atoms with Gasteiger partial charge in [0.25, 0.3) is 0 Å². The molecule has 0 unspecified atom stereocenters. The summed E-state index contributed by atoms with van der Waals surface area (Å²) in [4.78, 5) is 27.2. The van der Waals surface area contributed by atoms with Crippen molar-refractivity contribution in [2.45, 2.75) is 18.9 Å². The topological polar surface area (TPSA) is 100.0 Å². The van der Waals surface area contributed by atoms with Crippen LogP contribution in [-0.4, -0.2) is 51.9 Å². The average Bonchev–Trinajstić information content (AvgIpc) is 2.84. The molecular formula is C13H16N2O5. The summed E-state index contributed by atoms with van der Waals surface area (Å²) in [5, 5.41) is 18.1. The zero-order chi connectivity index (χ0) is 14.7. The van der Waals surface area contributed by atoms with Crippen LogP contribution in [0, 0.1) is 5.92 Å². The zero-order valence-electron chi connectivity index (χ0n) is 11.0. The molecule has 1 fully saturated rings. The molecule has 1 saturated heterocycles. The average molecular weight is 280 g/mol. The van der Waals surface area contributed by atoms with E-state index < -0.39 is 18.1 Å². The second kappa shape index (κ2) is 5.77. The van der Waals surface area contributed by atoms with Crippen molar-refractivity contribution in [1.82, 2.24) is 9.88 Å². The standard InChI is InChI=1S/C13H16N2O5/c1-20-11-3-2-8(6-14-11)4-9-5-10(12(16)17)15(7-9)13(18)19/h2-3,6,9-10H,4-5,7H2,1H3,(H,16,17)(H,18,19)/t9-,10+/m1/s1. The first kappa shape index (κ1) is 14.1.